The molecule has 0 saturated heterocycles. The predicted octanol–water partition coefficient (Wildman–Crippen LogP) is 1.39. The van der Waals surface area contributed by atoms with Crippen LogP contribution in [-0.4, -0.2) is 24.0 Å². The molecular formula is C9H8O4S. The normalized spacial score (nSPS) is 11.1. The summed E-state index contributed by atoms with van der Waals surface area (Å²) in [6.07, 6.45) is 0.841. The third-order valence-electron chi connectivity index (χ3n) is 1.47. The van der Waals surface area contributed by atoms with Gasteiger partial charge in [-0.1, -0.05) is 0 Å². The van der Waals surface area contributed by atoms with E-state index in [4.69, 9.17) is 0 Å². The number of esters is 1. The fraction of sp³-hybridized carbons (Fsp3) is 0.111. The molecular weight excluding hydrogens is 204 g/mol. The Morgan fingerprint density at radius 1 is 1.57 bits per heavy atom. The van der Waals surface area contributed by atoms with Gasteiger partial charge in [0.15, 0.2) is 0 Å². The number of carbonyl (C=O) groups is 2. The van der Waals surface area contributed by atoms with Gasteiger partial charge in [-0.3, -0.25) is 4.79 Å². The summed E-state index contributed by atoms with van der Waals surface area (Å²) < 4.78 is 4.19. The van der Waals surface area contributed by atoms with Crippen molar-refractivity contribution in [3.63, 3.8) is 0 Å². The first-order chi connectivity index (χ1) is 6.65. The maximum Gasteiger partial charge on any atom is 0.378 e. The number of ether oxygens (including phenoxy) is 1. The van der Waals surface area contributed by atoms with Crippen molar-refractivity contribution in [3.05, 3.63) is 28.5 Å². The number of aliphatic hydroxyl groups excluding tert-OH is 1. The Morgan fingerprint density at radius 2 is 2.29 bits per heavy atom. The van der Waals surface area contributed by atoms with Crippen molar-refractivity contribution < 1.29 is 19.4 Å². The highest BCUT2D eigenvalue weighted by atomic mass is 32.1. The standard InChI is InChI=1S/C9H8O4S/c1-13-9(12)8(11)4-7(10)6-2-3-14-5-6/h2-5,10H,1H3. The van der Waals surface area contributed by atoms with E-state index in [2.05, 4.69) is 4.74 Å². The molecule has 0 amide bonds. The van der Waals surface area contributed by atoms with Crippen LogP contribution in [0, 0.1) is 0 Å². The number of ketones is 1. The monoisotopic (exact) mass is 212 g/mol. The average Bonchev–Trinajstić information content (AvgIpc) is 2.69. The Kier molecular flexibility index (Phi) is 3.41. The fourth-order valence-electron chi connectivity index (χ4n) is 0.777. The highest BCUT2D eigenvalue weighted by Gasteiger charge is 2.12. The summed E-state index contributed by atoms with van der Waals surface area (Å²) >= 11 is 1.38. The molecule has 1 rings (SSSR count). The molecule has 74 valence electrons. The van der Waals surface area contributed by atoms with Crippen LogP contribution in [0.15, 0.2) is 22.9 Å². The molecule has 1 aromatic rings. The minimum Gasteiger partial charge on any atom is -0.507 e. The van der Waals surface area contributed by atoms with Gasteiger partial charge >= 0.3 is 5.97 Å². The van der Waals surface area contributed by atoms with Gasteiger partial charge in [-0.2, -0.15) is 11.3 Å². The SMILES string of the molecule is COC(=O)C(=O)C=C(O)c1ccsc1. The molecule has 0 atom stereocenters. The van der Waals surface area contributed by atoms with E-state index in [1.54, 1.807) is 16.8 Å². The van der Waals surface area contributed by atoms with Crippen LogP contribution in [0.25, 0.3) is 5.76 Å². The molecule has 0 spiro atoms. The largest absolute Gasteiger partial charge is 0.507 e. The summed E-state index contributed by atoms with van der Waals surface area (Å²) in [6.45, 7) is 0. The number of aliphatic hydroxyl groups is 1. The second-order valence-electron chi connectivity index (χ2n) is 2.40. The lowest BCUT2D eigenvalue weighted by Crippen LogP contribution is -2.12. The number of hydrogen-bond donors (Lipinski definition) is 1. The number of methoxy groups -OCH3 is 1. The van der Waals surface area contributed by atoms with Gasteiger partial charge < -0.3 is 9.84 Å². The van der Waals surface area contributed by atoms with Crippen molar-refractivity contribution in [2.24, 2.45) is 0 Å². The van der Waals surface area contributed by atoms with E-state index in [-0.39, 0.29) is 5.76 Å². The lowest BCUT2D eigenvalue weighted by Gasteiger charge is -1.95. The molecule has 1 N–H and O–H groups in total. The zero-order valence-corrected chi connectivity index (χ0v) is 8.21. The van der Waals surface area contributed by atoms with Gasteiger partial charge in [-0.15, -0.1) is 0 Å². The van der Waals surface area contributed by atoms with E-state index in [0.717, 1.165) is 13.2 Å². The summed E-state index contributed by atoms with van der Waals surface area (Å²) in [7, 11) is 1.11. The Labute approximate surface area is 84.4 Å². The molecule has 4 nitrogen and oxygen atoms in total. The van der Waals surface area contributed by atoms with Gasteiger partial charge in [0.25, 0.3) is 5.78 Å². The predicted molar refractivity (Wildman–Crippen MR) is 51.9 cm³/mol. The van der Waals surface area contributed by atoms with Crippen molar-refractivity contribution in [2.45, 2.75) is 0 Å². The maximum atomic E-state index is 11.0. The zero-order valence-electron chi connectivity index (χ0n) is 7.39. The van der Waals surface area contributed by atoms with E-state index in [1.165, 1.54) is 11.3 Å². The number of thiophene rings is 1. The number of hydrogen-bond acceptors (Lipinski definition) is 5. The van der Waals surface area contributed by atoms with Gasteiger partial charge in [0.2, 0.25) is 0 Å². The Bertz CT molecular complexity index is 364. The van der Waals surface area contributed by atoms with Crippen molar-refractivity contribution in [1.82, 2.24) is 0 Å². The molecule has 0 saturated carbocycles. The van der Waals surface area contributed by atoms with Crippen molar-refractivity contribution >= 4 is 28.8 Å². The maximum absolute atomic E-state index is 11.0. The minimum absolute atomic E-state index is 0.235. The van der Waals surface area contributed by atoms with Gasteiger partial charge in [-0.05, 0) is 11.4 Å². The quantitative estimate of drug-likeness (QED) is 0.356. The molecule has 0 unspecified atom stereocenters. The highest BCUT2D eigenvalue weighted by molar-refractivity contribution is 7.08. The molecule has 0 aliphatic heterocycles. The summed E-state index contributed by atoms with van der Waals surface area (Å²) in [5.74, 6) is -2.11. The van der Waals surface area contributed by atoms with Crippen LogP contribution in [0.4, 0.5) is 0 Å². The van der Waals surface area contributed by atoms with Crippen LogP contribution in [0.2, 0.25) is 0 Å². The highest BCUT2D eigenvalue weighted by Crippen LogP contribution is 2.14. The Morgan fingerprint density at radius 3 is 2.79 bits per heavy atom. The first-order valence-electron chi connectivity index (χ1n) is 3.70. The topological polar surface area (TPSA) is 63.6 Å². The number of rotatable bonds is 3. The molecule has 1 heterocycles. The Balaban J connectivity index is 2.79. The average molecular weight is 212 g/mol. The summed E-state index contributed by atoms with van der Waals surface area (Å²) in [4.78, 5) is 21.7. The first kappa shape index (κ1) is 10.5. The molecule has 0 aromatic carbocycles. The van der Waals surface area contributed by atoms with E-state index >= 15 is 0 Å². The third-order valence-corrected chi connectivity index (χ3v) is 2.15. The van der Waals surface area contributed by atoms with E-state index < -0.39 is 11.8 Å². The van der Waals surface area contributed by atoms with Gasteiger partial charge in [0.05, 0.1) is 7.11 Å². The van der Waals surface area contributed by atoms with Crippen LogP contribution < -0.4 is 0 Å². The van der Waals surface area contributed by atoms with Crippen LogP contribution in [0.1, 0.15) is 5.56 Å². The van der Waals surface area contributed by atoms with Crippen LogP contribution >= 0.6 is 11.3 Å². The van der Waals surface area contributed by atoms with Gasteiger partial charge in [0, 0.05) is 17.0 Å². The second kappa shape index (κ2) is 4.57. The Hall–Kier alpha value is -1.62. The molecule has 0 aliphatic rings. The van der Waals surface area contributed by atoms with Crippen LogP contribution in [-0.2, 0) is 14.3 Å². The van der Waals surface area contributed by atoms with Gasteiger partial charge in [-0.25, -0.2) is 4.79 Å². The molecule has 14 heavy (non-hydrogen) atoms. The van der Waals surface area contributed by atoms with Gasteiger partial charge in [0.1, 0.15) is 5.76 Å². The van der Waals surface area contributed by atoms with Crippen molar-refractivity contribution in [3.8, 4) is 0 Å². The second-order valence-corrected chi connectivity index (χ2v) is 3.18. The number of carbonyl (C=O) groups excluding carboxylic acids is 2. The molecule has 5 heteroatoms. The minimum atomic E-state index is -0.994. The zero-order chi connectivity index (χ0) is 10.6. The smallest absolute Gasteiger partial charge is 0.378 e. The van der Waals surface area contributed by atoms with Crippen molar-refractivity contribution in [2.75, 3.05) is 7.11 Å². The molecule has 0 bridgehead atoms. The van der Waals surface area contributed by atoms with E-state index in [0.29, 0.717) is 5.56 Å². The summed E-state index contributed by atoms with van der Waals surface area (Å²) in [6, 6.07) is 1.64. The molecule has 0 aliphatic carbocycles. The molecule has 1 aromatic heterocycles. The lowest BCUT2D eigenvalue weighted by molar-refractivity contribution is -0.149. The third kappa shape index (κ3) is 2.43. The first-order valence-corrected chi connectivity index (χ1v) is 4.65. The van der Waals surface area contributed by atoms with Crippen molar-refractivity contribution in [1.29, 1.82) is 0 Å². The van der Waals surface area contributed by atoms with Crippen LogP contribution in [0.5, 0.6) is 0 Å². The van der Waals surface area contributed by atoms with E-state index in [1.807, 2.05) is 0 Å². The fourth-order valence-corrected chi connectivity index (χ4v) is 1.43. The van der Waals surface area contributed by atoms with Crippen LogP contribution in [0.3, 0.4) is 0 Å². The molecule has 0 fully saturated rings. The lowest BCUT2D eigenvalue weighted by atomic mass is 10.2. The van der Waals surface area contributed by atoms with E-state index in [9.17, 15) is 14.7 Å². The molecule has 0 radical (unpaired) electrons. The summed E-state index contributed by atoms with van der Waals surface area (Å²) in [5.41, 5.74) is 0.507. The summed E-state index contributed by atoms with van der Waals surface area (Å²) in [5, 5.41) is 12.8.